The fourth-order valence-electron chi connectivity index (χ4n) is 5.63. The van der Waals surface area contributed by atoms with Gasteiger partial charge in [0.2, 0.25) is 0 Å². The number of ether oxygens (including phenoxy) is 1. The van der Waals surface area contributed by atoms with Gasteiger partial charge >= 0.3 is 0 Å². The number of halogens is 1. The van der Waals surface area contributed by atoms with Crippen LogP contribution in [0.25, 0.3) is 0 Å². The molecule has 1 amide bonds. The molecule has 4 aromatic carbocycles. The number of nitrogens with zero attached hydrogens (tertiary/aromatic N) is 4. The quantitative estimate of drug-likeness (QED) is 0.161. The summed E-state index contributed by atoms with van der Waals surface area (Å²) in [6.07, 6.45) is 3.16. The number of benzene rings is 4. The minimum Gasteiger partial charge on any atom is -0.456 e. The summed E-state index contributed by atoms with van der Waals surface area (Å²) < 4.78 is 7.47. The first kappa shape index (κ1) is 35.4. The fraction of sp³-hybridized carbons (Fsp3) is 0.308. The van der Waals surface area contributed by atoms with Gasteiger partial charge in [-0.1, -0.05) is 87.8 Å². The molecule has 2 aliphatic rings. The number of carbonyl (C=O) groups is 1. The largest absolute Gasteiger partial charge is 0.456 e. The second kappa shape index (κ2) is 15.0. The standard InChI is InChI=1S/C32H28BrN5O2.C5H12.C2H6/c1-3-37(4-2)24-14-16-28-30(20-24)40-29-19-22(34)11-15-27(29)32(28)26-8-6-5-7-25(26)31(39)38(32)36-18-17-35-23-12-9-21(33)10-13-23;1-5(2,3)4;1-2/h5-20H,3-4,34H2,1-2H3;1-4H3;1-2H3/b35-17?,36-18+;;. The van der Waals surface area contributed by atoms with Gasteiger partial charge < -0.3 is 15.4 Å². The number of hydrogen-bond acceptors (Lipinski definition) is 6. The maximum Gasteiger partial charge on any atom is 0.275 e. The zero-order valence-electron chi connectivity index (χ0n) is 28.7. The van der Waals surface area contributed by atoms with Gasteiger partial charge in [0, 0.05) is 69.5 Å². The summed E-state index contributed by atoms with van der Waals surface area (Å²) in [5, 5.41) is 6.30. The van der Waals surface area contributed by atoms with Crippen LogP contribution in [0.2, 0.25) is 0 Å². The van der Waals surface area contributed by atoms with Gasteiger partial charge in [-0.15, -0.1) is 0 Å². The molecule has 0 aliphatic carbocycles. The van der Waals surface area contributed by atoms with Gasteiger partial charge in [0.1, 0.15) is 17.0 Å². The third kappa shape index (κ3) is 7.43. The first-order valence-corrected chi connectivity index (χ1v) is 17.0. The van der Waals surface area contributed by atoms with E-state index < -0.39 is 5.54 Å². The van der Waals surface area contributed by atoms with E-state index in [0.717, 1.165) is 45.6 Å². The lowest BCUT2D eigenvalue weighted by molar-refractivity contribution is 0.0675. The van der Waals surface area contributed by atoms with Crippen LogP contribution >= 0.6 is 15.9 Å². The molecule has 0 aromatic heterocycles. The van der Waals surface area contributed by atoms with Crippen LogP contribution in [0.1, 0.15) is 82.4 Å². The topological polar surface area (TPSA) is 83.5 Å². The molecule has 0 saturated carbocycles. The van der Waals surface area contributed by atoms with E-state index in [1.165, 1.54) is 0 Å². The van der Waals surface area contributed by atoms with Crippen molar-refractivity contribution < 1.29 is 9.53 Å². The maximum absolute atomic E-state index is 14.0. The van der Waals surface area contributed by atoms with Gasteiger partial charge in [-0.05, 0) is 61.7 Å². The van der Waals surface area contributed by atoms with E-state index in [4.69, 9.17) is 15.6 Å². The second-order valence-corrected chi connectivity index (χ2v) is 13.5. The molecule has 7 nitrogen and oxygen atoms in total. The second-order valence-electron chi connectivity index (χ2n) is 12.6. The first-order valence-electron chi connectivity index (χ1n) is 16.2. The average molecular weight is 697 g/mol. The van der Waals surface area contributed by atoms with Crippen molar-refractivity contribution >= 4 is 51.3 Å². The number of amides is 1. The van der Waals surface area contributed by atoms with Crippen LogP contribution in [0.3, 0.4) is 0 Å². The number of hydrogen-bond donors (Lipinski definition) is 1. The summed E-state index contributed by atoms with van der Waals surface area (Å²) in [5.41, 5.74) is 11.1. The molecule has 2 N–H and O–H groups in total. The number of nitrogen functional groups attached to an aromatic ring is 1. The van der Waals surface area contributed by atoms with Crippen LogP contribution < -0.4 is 15.4 Å². The number of nitrogens with two attached hydrogens (primary N) is 1. The zero-order chi connectivity index (χ0) is 34.4. The average Bonchev–Trinajstić information content (AvgIpc) is 3.28. The van der Waals surface area contributed by atoms with Crippen molar-refractivity contribution in [2.45, 2.75) is 60.9 Å². The molecule has 8 heteroatoms. The van der Waals surface area contributed by atoms with Gasteiger partial charge in [0.15, 0.2) is 0 Å². The maximum atomic E-state index is 14.0. The Morgan fingerprint density at radius 3 is 2.09 bits per heavy atom. The Morgan fingerprint density at radius 1 is 0.851 bits per heavy atom. The van der Waals surface area contributed by atoms with E-state index >= 15 is 0 Å². The lowest BCUT2D eigenvalue weighted by atomic mass is 9.75. The molecule has 6 rings (SSSR count). The minimum absolute atomic E-state index is 0.202. The Balaban J connectivity index is 0.000000655. The molecule has 2 heterocycles. The minimum atomic E-state index is -1.05. The Labute approximate surface area is 288 Å². The fourth-order valence-corrected chi connectivity index (χ4v) is 5.90. The highest BCUT2D eigenvalue weighted by Crippen LogP contribution is 2.58. The van der Waals surface area contributed by atoms with Crippen molar-refractivity contribution in [3.63, 3.8) is 0 Å². The SMILES string of the molecule is CC.CC(C)(C)C.CCN(CC)c1ccc2c(c1)Oc1cc(N)ccc1C21c2ccccc2C(=O)N1/N=C/C=Nc1ccc(Br)cc1. The van der Waals surface area contributed by atoms with Crippen molar-refractivity contribution in [3.8, 4) is 11.5 Å². The normalized spacial score (nSPS) is 16.1. The van der Waals surface area contributed by atoms with E-state index in [1.807, 2.05) is 86.6 Å². The molecule has 0 saturated heterocycles. The summed E-state index contributed by atoms with van der Waals surface area (Å²) in [5.74, 6) is 1.06. The Morgan fingerprint density at radius 2 is 1.45 bits per heavy atom. The van der Waals surface area contributed by atoms with E-state index in [9.17, 15) is 4.79 Å². The van der Waals surface area contributed by atoms with Crippen molar-refractivity contribution in [2.75, 3.05) is 23.7 Å². The van der Waals surface area contributed by atoms with E-state index in [1.54, 1.807) is 17.4 Å². The summed E-state index contributed by atoms with van der Waals surface area (Å²) >= 11 is 3.44. The van der Waals surface area contributed by atoms with Crippen molar-refractivity contribution in [3.05, 3.63) is 112 Å². The molecule has 1 unspecified atom stereocenters. The molecule has 4 aromatic rings. The van der Waals surface area contributed by atoms with Crippen LogP contribution in [0.4, 0.5) is 17.1 Å². The predicted molar refractivity (Wildman–Crippen MR) is 201 cm³/mol. The van der Waals surface area contributed by atoms with Gasteiger partial charge in [-0.3, -0.25) is 9.79 Å². The van der Waals surface area contributed by atoms with Crippen molar-refractivity contribution in [2.24, 2.45) is 15.5 Å². The molecule has 0 bridgehead atoms. The van der Waals surface area contributed by atoms with Gasteiger partial charge in [0.05, 0.1) is 11.9 Å². The third-order valence-corrected chi connectivity index (χ3v) is 7.98. The van der Waals surface area contributed by atoms with Crippen LogP contribution in [-0.2, 0) is 5.54 Å². The highest BCUT2D eigenvalue weighted by Gasteiger charge is 2.57. The number of hydrazone groups is 1. The molecule has 246 valence electrons. The number of fused-ring (bicyclic) bond motifs is 6. The lowest BCUT2D eigenvalue weighted by Crippen LogP contribution is -2.44. The van der Waals surface area contributed by atoms with E-state index in [2.05, 4.69) is 79.5 Å². The number of carbonyl (C=O) groups excluding carboxylic acids is 1. The lowest BCUT2D eigenvalue weighted by Gasteiger charge is -2.42. The van der Waals surface area contributed by atoms with Gasteiger partial charge in [0.25, 0.3) is 5.91 Å². The number of aliphatic imine (C=N–C) groups is 1. The molecule has 1 spiro atoms. The molecular formula is C39H46BrN5O2. The molecule has 2 aliphatic heterocycles. The van der Waals surface area contributed by atoms with Gasteiger partial charge in [-0.25, -0.2) is 5.01 Å². The smallest absolute Gasteiger partial charge is 0.275 e. The Kier molecular flexibility index (Phi) is 11.3. The van der Waals surface area contributed by atoms with E-state index in [0.29, 0.717) is 28.2 Å². The van der Waals surface area contributed by atoms with Crippen LogP contribution in [-0.4, -0.2) is 36.4 Å². The van der Waals surface area contributed by atoms with Crippen LogP contribution in [0.5, 0.6) is 11.5 Å². The van der Waals surface area contributed by atoms with Crippen molar-refractivity contribution in [1.29, 1.82) is 0 Å². The molecule has 1 atom stereocenters. The molecular weight excluding hydrogens is 650 g/mol. The predicted octanol–water partition coefficient (Wildman–Crippen LogP) is 10.2. The number of rotatable bonds is 6. The van der Waals surface area contributed by atoms with Crippen LogP contribution in [0.15, 0.2) is 99.5 Å². The summed E-state index contributed by atoms with van der Waals surface area (Å²) in [7, 11) is 0. The molecule has 47 heavy (non-hydrogen) atoms. The highest BCUT2D eigenvalue weighted by molar-refractivity contribution is 9.10. The number of anilines is 2. The summed E-state index contributed by atoms with van der Waals surface area (Å²) in [6, 6.07) is 27.1. The Hall–Kier alpha value is -4.43. The summed E-state index contributed by atoms with van der Waals surface area (Å²) in [4.78, 5) is 20.8. The zero-order valence-corrected chi connectivity index (χ0v) is 30.3. The highest BCUT2D eigenvalue weighted by atomic mass is 79.9. The monoisotopic (exact) mass is 695 g/mol. The van der Waals surface area contributed by atoms with Crippen molar-refractivity contribution in [1.82, 2.24) is 5.01 Å². The Bertz CT molecular complexity index is 1750. The molecule has 0 fully saturated rings. The summed E-state index contributed by atoms with van der Waals surface area (Å²) in [6.45, 7) is 18.7. The molecule has 0 radical (unpaired) electrons. The first-order chi connectivity index (χ1) is 22.5. The third-order valence-electron chi connectivity index (χ3n) is 7.46. The van der Waals surface area contributed by atoms with E-state index in [-0.39, 0.29) is 5.91 Å². The van der Waals surface area contributed by atoms with Gasteiger partial charge in [-0.2, -0.15) is 5.10 Å². The van der Waals surface area contributed by atoms with Crippen LogP contribution in [0, 0.1) is 5.41 Å².